The van der Waals surface area contributed by atoms with Gasteiger partial charge in [-0.15, -0.1) is 0 Å². The van der Waals surface area contributed by atoms with Crippen LogP contribution in [-0.2, 0) is 4.84 Å². The second kappa shape index (κ2) is 8.36. The average molecular weight is 252 g/mol. The number of rotatable bonds is 7. The van der Waals surface area contributed by atoms with Gasteiger partial charge in [-0.2, -0.15) is 0 Å². The van der Waals surface area contributed by atoms with Gasteiger partial charge in [0.25, 0.3) is 0 Å². The number of para-hydroxylation sites is 1. The molecule has 0 radical (unpaired) electrons. The molecule has 0 aliphatic heterocycles. The summed E-state index contributed by atoms with van der Waals surface area (Å²) < 4.78 is 5.39. The van der Waals surface area contributed by atoms with Gasteiger partial charge >= 0.3 is 6.03 Å². The van der Waals surface area contributed by atoms with Gasteiger partial charge in [0.15, 0.2) is 0 Å². The Morgan fingerprint density at radius 1 is 1.22 bits per heavy atom. The Morgan fingerprint density at radius 3 is 2.61 bits per heavy atom. The van der Waals surface area contributed by atoms with Gasteiger partial charge in [-0.1, -0.05) is 32.0 Å². The minimum absolute atomic E-state index is 0.296. The molecule has 0 saturated heterocycles. The van der Waals surface area contributed by atoms with E-state index in [1.165, 1.54) is 0 Å². The minimum atomic E-state index is -0.330. The van der Waals surface area contributed by atoms with Crippen molar-refractivity contribution < 1.29 is 14.4 Å². The zero-order chi connectivity index (χ0) is 13.2. The molecule has 0 aliphatic rings. The average Bonchev–Trinajstić information content (AvgIpc) is 2.37. The molecule has 5 nitrogen and oxygen atoms in total. The molecule has 0 atom stereocenters. The first-order chi connectivity index (χ1) is 8.68. The molecule has 0 saturated carbocycles. The van der Waals surface area contributed by atoms with Crippen molar-refractivity contribution in [3.63, 3.8) is 0 Å². The third-order valence-electron chi connectivity index (χ3n) is 2.03. The number of hydroxylamine groups is 1. The van der Waals surface area contributed by atoms with Crippen LogP contribution in [-0.4, -0.2) is 25.8 Å². The number of carbonyl (C=O) groups is 1. The summed E-state index contributed by atoms with van der Waals surface area (Å²) in [6.07, 6.45) is 0. The highest BCUT2D eigenvalue weighted by Gasteiger charge is 2.00. The molecule has 1 rings (SSSR count). The van der Waals surface area contributed by atoms with E-state index in [9.17, 15) is 4.79 Å². The molecule has 1 aromatic carbocycles. The Labute approximate surface area is 107 Å². The van der Waals surface area contributed by atoms with Gasteiger partial charge in [-0.3, -0.25) is 4.84 Å². The first kappa shape index (κ1) is 14.3. The summed E-state index contributed by atoms with van der Waals surface area (Å²) >= 11 is 0. The number of benzene rings is 1. The van der Waals surface area contributed by atoms with Crippen molar-refractivity contribution in [2.75, 3.05) is 19.8 Å². The van der Waals surface area contributed by atoms with Crippen LogP contribution in [0.15, 0.2) is 30.3 Å². The van der Waals surface area contributed by atoms with Gasteiger partial charge in [-0.25, -0.2) is 10.3 Å². The van der Waals surface area contributed by atoms with Crippen molar-refractivity contribution in [3.05, 3.63) is 30.3 Å². The monoisotopic (exact) mass is 252 g/mol. The maximum Gasteiger partial charge on any atom is 0.338 e. The van der Waals surface area contributed by atoms with Crippen LogP contribution < -0.4 is 15.5 Å². The molecule has 0 fully saturated rings. The van der Waals surface area contributed by atoms with Crippen LogP contribution >= 0.6 is 0 Å². The molecule has 0 aromatic heterocycles. The molecule has 100 valence electrons. The van der Waals surface area contributed by atoms with Gasteiger partial charge < -0.3 is 10.1 Å². The number of urea groups is 1. The Morgan fingerprint density at radius 2 is 1.94 bits per heavy atom. The van der Waals surface area contributed by atoms with Crippen molar-refractivity contribution in [2.24, 2.45) is 5.92 Å². The van der Waals surface area contributed by atoms with Crippen molar-refractivity contribution in [1.82, 2.24) is 10.8 Å². The molecule has 18 heavy (non-hydrogen) atoms. The molecular weight excluding hydrogens is 232 g/mol. The fourth-order valence-electron chi connectivity index (χ4n) is 1.17. The maximum atomic E-state index is 11.2. The summed E-state index contributed by atoms with van der Waals surface area (Å²) in [7, 11) is 0. The molecule has 0 heterocycles. The highest BCUT2D eigenvalue weighted by molar-refractivity contribution is 5.72. The predicted octanol–water partition coefficient (Wildman–Crippen LogP) is 1.95. The number of carbonyl (C=O) groups excluding carboxylic acids is 1. The summed E-state index contributed by atoms with van der Waals surface area (Å²) in [5.41, 5.74) is 2.29. The van der Waals surface area contributed by atoms with E-state index < -0.39 is 0 Å². The third-order valence-corrected chi connectivity index (χ3v) is 2.03. The van der Waals surface area contributed by atoms with Crippen LogP contribution in [0, 0.1) is 5.92 Å². The van der Waals surface area contributed by atoms with E-state index in [0.29, 0.717) is 25.7 Å². The second-order valence-electron chi connectivity index (χ2n) is 4.22. The summed E-state index contributed by atoms with van der Waals surface area (Å²) in [5, 5.41) is 2.67. The van der Waals surface area contributed by atoms with E-state index >= 15 is 0 Å². The van der Waals surface area contributed by atoms with Crippen molar-refractivity contribution in [2.45, 2.75) is 13.8 Å². The SMILES string of the molecule is CC(C)CNC(=O)NOCCOc1ccccc1. The van der Waals surface area contributed by atoms with E-state index in [2.05, 4.69) is 10.8 Å². The molecule has 0 aliphatic carbocycles. The molecule has 5 heteroatoms. The number of hydrogen-bond acceptors (Lipinski definition) is 3. The zero-order valence-electron chi connectivity index (χ0n) is 10.8. The minimum Gasteiger partial charge on any atom is -0.491 e. The Kier molecular flexibility index (Phi) is 6.64. The highest BCUT2D eigenvalue weighted by Crippen LogP contribution is 2.07. The lowest BCUT2D eigenvalue weighted by molar-refractivity contribution is 0.0413. The van der Waals surface area contributed by atoms with E-state index in [1.807, 2.05) is 44.2 Å². The lowest BCUT2D eigenvalue weighted by atomic mass is 10.2. The van der Waals surface area contributed by atoms with Crippen LogP contribution in [0.1, 0.15) is 13.8 Å². The molecular formula is C13H20N2O3. The summed E-state index contributed by atoms with van der Waals surface area (Å²) in [6, 6.07) is 9.11. The molecule has 0 spiro atoms. The number of hydrogen-bond donors (Lipinski definition) is 2. The van der Waals surface area contributed by atoms with Gasteiger partial charge in [0.05, 0.1) is 0 Å². The summed E-state index contributed by atoms with van der Waals surface area (Å²) in [6.45, 7) is 5.35. The summed E-state index contributed by atoms with van der Waals surface area (Å²) in [4.78, 5) is 16.2. The Bertz CT molecular complexity index is 341. The van der Waals surface area contributed by atoms with E-state index in [4.69, 9.17) is 9.57 Å². The Balaban J connectivity index is 2.00. The highest BCUT2D eigenvalue weighted by atomic mass is 16.7. The van der Waals surface area contributed by atoms with Gasteiger partial charge in [0, 0.05) is 6.54 Å². The number of nitrogens with one attached hydrogen (secondary N) is 2. The van der Waals surface area contributed by atoms with Crippen LogP contribution in [0.4, 0.5) is 4.79 Å². The summed E-state index contributed by atoms with van der Waals surface area (Å²) in [5.74, 6) is 1.20. The van der Waals surface area contributed by atoms with E-state index in [-0.39, 0.29) is 6.03 Å². The van der Waals surface area contributed by atoms with Crippen LogP contribution in [0.2, 0.25) is 0 Å². The van der Waals surface area contributed by atoms with E-state index in [0.717, 1.165) is 5.75 Å². The Hall–Kier alpha value is -1.75. The van der Waals surface area contributed by atoms with Gasteiger partial charge in [-0.05, 0) is 18.1 Å². The van der Waals surface area contributed by atoms with Crippen LogP contribution in [0.25, 0.3) is 0 Å². The standard InChI is InChI=1S/C13H20N2O3/c1-11(2)10-14-13(16)15-18-9-8-17-12-6-4-3-5-7-12/h3-7,11H,8-10H2,1-2H3,(H2,14,15,16). The van der Waals surface area contributed by atoms with Crippen LogP contribution in [0.5, 0.6) is 5.75 Å². The van der Waals surface area contributed by atoms with E-state index in [1.54, 1.807) is 0 Å². The molecule has 2 N–H and O–H groups in total. The molecule has 1 aromatic rings. The fourth-order valence-corrected chi connectivity index (χ4v) is 1.17. The molecule has 2 amide bonds. The smallest absolute Gasteiger partial charge is 0.338 e. The predicted molar refractivity (Wildman–Crippen MR) is 69.3 cm³/mol. The number of amides is 2. The lowest BCUT2D eigenvalue weighted by Crippen LogP contribution is -2.38. The first-order valence-electron chi connectivity index (χ1n) is 6.02. The molecule has 0 unspecified atom stereocenters. The lowest BCUT2D eigenvalue weighted by Gasteiger charge is -2.10. The maximum absolute atomic E-state index is 11.2. The quantitative estimate of drug-likeness (QED) is 0.576. The number of ether oxygens (including phenoxy) is 1. The van der Waals surface area contributed by atoms with Crippen LogP contribution in [0.3, 0.4) is 0 Å². The van der Waals surface area contributed by atoms with Crippen molar-refractivity contribution >= 4 is 6.03 Å². The normalized spacial score (nSPS) is 10.2. The molecule has 0 bridgehead atoms. The third kappa shape index (κ3) is 6.75. The zero-order valence-corrected chi connectivity index (χ0v) is 10.8. The van der Waals surface area contributed by atoms with Gasteiger partial charge in [0.1, 0.15) is 19.0 Å². The largest absolute Gasteiger partial charge is 0.491 e. The van der Waals surface area contributed by atoms with Crippen molar-refractivity contribution in [1.29, 1.82) is 0 Å². The fraction of sp³-hybridized carbons (Fsp3) is 0.462. The first-order valence-corrected chi connectivity index (χ1v) is 6.02. The second-order valence-corrected chi connectivity index (χ2v) is 4.22. The van der Waals surface area contributed by atoms with Gasteiger partial charge in [0.2, 0.25) is 0 Å². The van der Waals surface area contributed by atoms with Crippen molar-refractivity contribution in [3.8, 4) is 5.75 Å². The topological polar surface area (TPSA) is 59.6 Å².